The van der Waals surface area contributed by atoms with E-state index in [0.29, 0.717) is 5.02 Å². The highest BCUT2D eigenvalue weighted by atomic mass is 35.5. The maximum atomic E-state index is 5.95. The molecule has 1 atom stereocenters. The van der Waals surface area contributed by atoms with E-state index in [1.54, 1.807) is 18.1 Å². The number of rotatable bonds is 5. The first-order chi connectivity index (χ1) is 13.1. The molecule has 4 aromatic rings. The zero-order valence-electron chi connectivity index (χ0n) is 14.8. The van der Waals surface area contributed by atoms with Crippen LogP contribution in [0.15, 0.2) is 70.6 Å². The van der Waals surface area contributed by atoms with Crippen LogP contribution in [0.25, 0.3) is 22.6 Å². The Morgan fingerprint density at radius 3 is 2.63 bits per heavy atom. The van der Waals surface area contributed by atoms with Gasteiger partial charge in [-0.2, -0.15) is 0 Å². The van der Waals surface area contributed by atoms with Gasteiger partial charge in [-0.1, -0.05) is 58.9 Å². The summed E-state index contributed by atoms with van der Waals surface area (Å²) < 4.78 is 7.50. The van der Waals surface area contributed by atoms with Gasteiger partial charge in [0.25, 0.3) is 0 Å². The van der Waals surface area contributed by atoms with Gasteiger partial charge in [0.2, 0.25) is 0 Å². The maximum Gasteiger partial charge on any atom is 0.191 e. The predicted octanol–water partition coefficient (Wildman–Crippen LogP) is 5.64. The quantitative estimate of drug-likeness (QED) is 0.408. The van der Waals surface area contributed by atoms with Crippen LogP contribution in [0.1, 0.15) is 17.7 Å². The Hall–Kier alpha value is -2.57. The molecule has 0 amide bonds. The standard InChI is InChI=1S/C20H17ClN4OS/c1-13(27-20-23-22-12-25(20)2)15-4-3-5-16(10-15)19-11-18(24-26-19)14-6-8-17(21)9-7-14/h3-13H,1-2H3. The Bertz CT molecular complexity index is 1060. The molecule has 0 N–H and O–H groups in total. The third-order valence-corrected chi connectivity index (χ3v) is 5.70. The van der Waals surface area contributed by atoms with Crippen molar-refractivity contribution < 1.29 is 4.52 Å². The van der Waals surface area contributed by atoms with Crippen LogP contribution in [0, 0.1) is 0 Å². The van der Waals surface area contributed by atoms with Crippen molar-refractivity contribution in [3.63, 3.8) is 0 Å². The van der Waals surface area contributed by atoms with Crippen LogP contribution >= 0.6 is 23.4 Å². The van der Waals surface area contributed by atoms with Gasteiger partial charge >= 0.3 is 0 Å². The van der Waals surface area contributed by atoms with Gasteiger partial charge < -0.3 is 9.09 Å². The molecule has 0 fully saturated rings. The van der Waals surface area contributed by atoms with E-state index in [9.17, 15) is 0 Å². The third-order valence-electron chi connectivity index (χ3n) is 4.24. The number of benzene rings is 2. The molecule has 2 aromatic heterocycles. The summed E-state index contributed by atoms with van der Waals surface area (Å²) in [6.07, 6.45) is 1.71. The molecule has 1 unspecified atom stereocenters. The van der Waals surface area contributed by atoms with Gasteiger partial charge in [-0.25, -0.2) is 0 Å². The van der Waals surface area contributed by atoms with Crippen LogP contribution in [-0.2, 0) is 7.05 Å². The molecule has 0 bridgehead atoms. The molecule has 2 aromatic carbocycles. The summed E-state index contributed by atoms with van der Waals surface area (Å²) in [5.41, 5.74) is 3.93. The van der Waals surface area contributed by atoms with Crippen molar-refractivity contribution in [2.75, 3.05) is 0 Å². The fourth-order valence-corrected chi connectivity index (χ4v) is 3.75. The predicted molar refractivity (Wildman–Crippen MR) is 108 cm³/mol. The minimum Gasteiger partial charge on any atom is -0.356 e. The monoisotopic (exact) mass is 396 g/mol. The van der Waals surface area contributed by atoms with E-state index >= 15 is 0 Å². The van der Waals surface area contributed by atoms with Crippen LogP contribution < -0.4 is 0 Å². The second-order valence-electron chi connectivity index (χ2n) is 6.19. The molecule has 5 nitrogen and oxygen atoms in total. The number of hydrogen-bond donors (Lipinski definition) is 0. The van der Waals surface area contributed by atoms with Crippen molar-refractivity contribution >= 4 is 23.4 Å². The molecule has 7 heteroatoms. The van der Waals surface area contributed by atoms with Gasteiger partial charge in [0.15, 0.2) is 10.9 Å². The minimum atomic E-state index is 0.228. The normalized spacial score (nSPS) is 12.3. The summed E-state index contributed by atoms with van der Waals surface area (Å²) in [6, 6.07) is 17.8. The lowest BCUT2D eigenvalue weighted by molar-refractivity contribution is 0.435. The molecule has 2 heterocycles. The van der Waals surface area contributed by atoms with E-state index in [1.165, 1.54) is 5.56 Å². The first kappa shape index (κ1) is 17.8. The fourth-order valence-electron chi connectivity index (χ4n) is 2.72. The molecule has 0 spiro atoms. The highest BCUT2D eigenvalue weighted by molar-refractivity contribution is 7.99. The summed E-state index contributed by atoms with van der Waals surface area (Å²) in [5.74, 6) is 0.734. The summed E-state index contributed by atoms with van der Waals surface area (Å²) in [5, 5.41) is 14.1. The number of hydrogen-bond acceptors (Lipinski definition) is 5. The number of aryl methyl sites for hydroxylation is 1. The van der Waals surface area contributed by atoms with Crippen molar-refractivity contribution in [3.05, 3.63) is 71.5 Å². The van der Waals surface area contributed by atoms with Gasteiger partial charge in [-0.3, -0.25) is 0 Å². The lowest BCUT2D eigenvalue weighted by atomic mass is 10.1. The van der Waals surface area contributed by atoms with Crippen molar-refractivity contribution in [2.45, 2.75) is 17.3 Å². The lowest BCUT2D eigenvalue weighted by Gasteiger charge is -2.11. The largest absolute Gasteiger partial charge is 0.356 e. The molecule has 136 valence electrons. The second kappa shape index (κ2) is 7.58. The third kappa shape index (κ3) is 3.91. The second-order valence-corrected chi connectivity index (χ2v) is 7.94. The number of aromatic nitrogens is 4. The van der Waals surface area contributed by atoms with Gasteiger partial charge in [-0.05, 0) is 30.7 Å². The van der Waals surface area contributed by atoms with Gasteiger partial charge in [-0.15, -0.1) is 10.2 Å². The van der Waals surface area contributed by atoms with Crippen molar-refractivity contribution in [1.29, 1.82) is 0 Å². The summed E-state index contributed by atoms with van der Waals surface area (Å²) in [7, 11) is 1.94. The van der Waals surface area contributed by atoms with Crippen LogP contribution in [0.2, 0.25) is 5.02 Å². The summed E-state index contributed by atoms with van der Waals surface area (Å²) in [6.45, 7) is 2.15. The van der Waals surface area contributed by atoms with E-state index in [1.807, 2.05) is 54.1 Å². The van der Waals surface area contributed by atoms with Crippen molar-refractivity contribution in [3.8, 4) is 22.6 Å². The summed E-state index contributed by atoms with van der Waals surface area (Å²) in [4.78, 5) is 0. The van der Waals surface area contributed by atoms with E-state index < -0.39 is 0 Å². The Morgan fingerprint density at radius 2 is 1.89 bits per heavy atom. The molecule has 0 saturated heterocycles. The fraction of sp³-hybridized carbons (Fsp3) is 0.150. The average molecular weight is 397 g/mol. The molecule has 0 saturated carbocycles. The molecule has 4 rings (SSSR count). The topological polar surface area (TPSA) is 56.7 Å². The Labute approximate surface area is 166 Å². The van der Waals surface area contributed by atoms with Crippen LogP contribution in [0.3, 0.4) is 0 Å². The van der Waals surface area contributed by atoms with E-state index in [4.69, 9.17) is 16.1 Å². The number of halogens is 1. The number of nitrogens with zero attached hydrogens (tertiary/aromatic N) is 4. The first-order valence-corrected chi connectivity index (χ1v) is 9.69. The highest BCUT2D eigenvalue weighted by Gasteiger charge is 2.14. The molecular weight excluding hydrogens is 380 g/mol. The lowest BCUT2D eigenvalue weighted by Crippen LogP contribution is -1.94. The molecule has 27 heavy (non-hydrogen) atoms. The molecular formula is C20H17ClN4OS. The van der Waals surface area contributed by atoms with E-state index in [0.717, 1.165) is 27.7 Å². The van der Waals surface area contributed by atoms with Crippen LogP contribution in [0.5, 0.6) is 0 Å². The van der Waals surface area contributed by atoms with Gasteiger partial charge in [0, 0.05) is 34.5 Å². The zero-order chi connectivity index (χ0) is 18.8. The zero-order valence-corrected chi connectivity index (χ0v) is 16.4. The first-order valence-electron chi connectivity index (χ1n) is 8.44. The maximum absolute atomic E-state index is 5.95. The minimum absolute atomic E-state index is 0.228. The highest BCUT2D eigenvalue weighted by Crippen LogP contribution is 2.35. The van der Waals surface area contributed by atoms with Crippen molar-refractivity contribution in [1.82, 2.24) is 19.9 Å². The van der Waals surface area contributed by atoms with Gasteiger partial charge in [0.05, 0.1) is 0 Å². The molecule has 0 aliphatic heterocycles. The Kier molecular flexibility index (Phi) is 5.01. The van der Waals surface area contributed by atoms with Crippen LogP contribution in [0.4, 0.5) is 0 Å². The Morgan fingerprint density at radius 1 is 1.07 bits per heavy atom. The van der Waals surface area contributed by atoms with Crippen LogP contribution in [-0.4, -0.2) is 19.9 Å². The number of thioether (sulfide) groups is 1. The smallest absolute Gasteiger partial charge is 0.191 e. The molecule has 0 radical (unpaired) electrons. The molecule has 0 aliphatic rings. The van der Waals surface area contributed by atoms with E-state index in [2.05, 4.69) is 34.4 Å². The van der Waals surface area contributed by atoms with Crippen molar-refractivity contribution in [2.24, 2.45) is 7.05 Å². The summed E-state index contributed by atoms with van der Waals surface area (Å²) >= 11 is 7.62. The van der Waals surface area contributed by atoms with Gasteiger partial charge in [0.1, 0.15) is 12.0 Å². The Balaban J connectivity index is 1.57. The van der Waals surface area contributed by atoms with E-state index in [-0.39, 0.29) is 5.25 Å². The average Bonchev–Trinajstić information content (AvgIpc) is 3.32. The molecule has 0 aliphatic carbocycles. The SMILES string of the molecule is CC(Sc1nncn1C)c1cccc(-c2cc(-c3ccc(Cl)cc3)no2)c1.